The quantitative estimate of drug-likeness (QED) is 0.630. The number of quaternary nitrogens is 1. The second kappa shape index (κ2) is 8.56. The maximum atomic E-state index is 12.5. The van der Waals surface area contributed by atoms with Crippen molar-refractivity contribution in [1.29, 1.82) is 0 Å². The fourth-order valence-electron chi connectivity index (χ4n) is 4.86. The molecule has 2 aromatic heterocycles. The Balaban J connectivity index is 1.19. The molecule has 158 valence electrons. The summed E-state index contributed by atoms with van der Waals surface area (Å²) in [7, 11) is 0. The van der Waals surface area contributed by atoms with Crippen molar-refractivity contribution >= 4 is 16.9 Å². The van der Waals surface area contributed by atoms with Crippen molar-refractivity contribution in [2.45, 2.75) is 44.6 Å². The number of rotatable bonds is 7. The van der Waals surface area contributed by atoms with Crippen LogP contribution < -0.4 is 15.0 Å². The van der Waals surface area contributed by atoms with Gasteiger partial charge in [-0.3, -0.25) is 4.79 Å². The zero-order valence-electron chi connectivity index (χ0n) is 17.2. The normalized spacial score (nSPS) is 17.7. The summed E-state index contributed by atoms with van der Waals surface area (Å²) in [6, 6.07) is 9.90. The first kappa shape index (κ1) is 19.2. The predicted molar refractivity (Wildman–Crippen MR) is 113 cm³/mol. The van der Waals surface area contributed by atoms with E-state index in [1.807, 2.05) is 30.3 Å². The first-order valence-corrected chi connectivity index (χ1v) is 11.1. The molecule has 0 radical (unpaired) electrons. The van der Waals surface area contributed by atoms with Crippen LogP contribution in [0.1, 0.15) is 48.8 Å². The summed E-state index contributed by atoms with van der Waals surface area (Å²) in [4.78, 5) is 13.9. The molecule has 1 amide bonds. The van der Waals surface area contributed by atoms with Crippen molar-refractivity contribution in [3.05, 3.63) is 53.7 Å². The van der Waals surface area contributed by atoms with Gasteiger partial charge in [0.05, 0.1) is 25.9 Å². The molecule has 2 N–H and O–H groups in total. The van der Waals surface area contributed by atoms with E-state index < -0.39 is 0 Å². The van der Waals surface area contributed by atoms with Crippen LogP contribution in [-0.4, -0.2) is 32.1 Å². The van der Waals surface area contributed by atoms with E-state index in [0.29, 0.717) is 12.3 Å². The van der Waals surface area contributed by atoms with E-state index in [1.165, 1.54) is 36.1 Å². The van der Waals surface area contributed by atoms with Crippen molar-refractivity contribution in [2.75, 3.05) is 26.2 Å². The standard InChI is InChI=1S/C24H28N2O4/c27-24(25-15-20(23-8-5-13-28-23)26-11-3-4-12-26)16-29-17-9-10-22-19(14-17)18-6-1-2-7-21(18)30-22/h5,8-10,13-14,20H,1-4,6-7,11-12,15-16H2,(H,25,27)/p+1/t20-/m0/s1. The number of hydrogen-bond donors (Lipinski definition) is 2. The topological polar surface area (TPSA) is 69.0 Å². The molecule has 0 saturated carbocycles. The number of amides is 1. The van der Waals surface area contributed by atoms with Crippen molar-refractivity contribution in [3.8, 4) is 5.75 Å². The number of ether oxygens (including phenoxy) is 1. The predicted octanol–water partition coefficient (Wildman–Crippen LogP) is 2.82. The fraction of sp³-hybridized carbons (Fsp3) is 0.458. The number of benzene rings is 1. The van der Waals surface area contributed by atoms with Crippen LogP contribution in [0.25, 0.3) is 11.0 Å². The third-order valence-electron chi connectivity index (χ3n) is 6.43. The number of carbonyl (C=O) groups is 1. The molecule has 3 heterocycles. The lowest BCUT2D eigenvalue weighted by Gasteiger charge is -2.23. The van der Waals surface area contributed by atoms with E-state index in [9.17, 15) is 4.79 Å². The van der Waals surface area contributed by atoms with Gasteiger partial charge in [0.15, 0.2) is 18.4 Å². The first-order chi connectivity index (χ1) is 14.8. The Morgan fingerprint density at radius 3 is 2.83 bits per heavy atom. The maximum Gasteiger partial charge on any atom is 0.258 e. The van der Waals surface area contributed by atoms with Crippen LogP contribution in [0.15, 0.2) is 45.4 Å². The van der Waals surface area contributed by atoms with Crippen LogP contribution in [-0.2, 0) is 17.6 Å². The molecule has 5 rings (SSSR count). The van der Waals surface area contributed by atoms with E-state index in [1.54, 1.807) is 6.26 Å². The molecule has 1 aliphatic heterocycles. The number of nitrogens with one attached hydrogen (secondary N) is 2. The molecule has 2 aliphatic rings. The molecule has 1 atom stereocenters. The SMILES string of the molecule is O=C(COc1ccc2oc3c(c2c1)CCCC3)NC[C@@H](c1ccco1)[NH+]1CCCC1. The summed E-state index contributed by atoms with van der Waals surface area (Å²) in [6.45, 7) is 2.80. The number of likely N-dealkylation sites (tertiary alicyclic amines) is 1. The molecule has 1 aromatic carbocycles. The molecule has 30 heavy (non-hydrogen) atoms. The zero-order valence-corrected chi connectivity index (χ0v) is 17.2. The van der Waals surface area contributed by atoms with Crippen molar-refractivity contribution in [3.63, 3.8) is 0 Å². The molecule has 1 aliphatic carbocycles. The molecule has 0 unspecified atom stereocenters. The summed E-state index contributed by atoms with van der Waals surface area (Å²) in [6.07, 6.45) is 8.61. The number of carbonyl (C=O) groups excluding carboxylic acids is 1. The minimum atomic E-state index is -0.112. The molecule has 3 aromatic rings. The lowest BCUT2D eigenvalue weighted by Crippen LogP contribution is -3.11. The molecule has 6 nitrogen and oxygen atoms in total. The molecule has 1 fully saturated rings. The Kier molecular flexibility index (Phi) is 5.49. The van der Waals surface area contributed by atoms with Gasteiger partial charge >= 0.3 is 0 Å². The Labute approximate surface area is 176 Å². The van der Waals surface area contributed by atoms with Crippen LogP contribution in [0.4, 0.5) is 0 Å². The summed E-state index contributed by atoms with van der Waals surface area (Å²) < 4.78 is 17.4. The van der Waals surface area contributed by atoms with Gasteiger partial charge in [-0.2, -0.15) is 0 Å². The van der Waals surface area contributed by atoms with Gasteiger partial charge in [0, 0.05) is 30.2 Å². The average Bonchev–Trinajstić information content (AvgIpc) is 3.53. The van der Waals surface area contributed by atoms with Gasteiger partial charge in [-0.25, -0.2) is 0 Å². The first-order valence-electron chi connectivity index (χ1n) is 11.1. The van der Waals surface area contributed by atoms with Gasteiger partial charge in [0.25, 0.3) is 5.91 Å². The van der Waals surface area contributed by atoms with Gasteiger partial charge in [0.1, 0.15) is 17.1 Å². The van der Waals surface area contributed by atoms with Gasteiger partial charge in [0.2, 0.25) is 0 Å². The second-order valence-corrected chi connectivity index (χ2v) is 8.39. The van der Waals surface area contributed by atoms with E-state index in [4.69, 9.17) is 13.6 Å². The zero-order chi connectivity index (χ0) is 20.3. The summed E-state index contributed by atoms with van der Waals surface area (Å²) in [5.74, 6) is 2.64. The summed E-state index contributed by atoms with van der Waals surface area (Å²) in [5.41, 5.74) is 2.22. The molecule has 1 saturated heterocycles. The van der Waals surface area contributed by atoms with Gasteiger partial charge in [-0.05, 0) is 49.6 Å². The van der Waals surface area contributed by atoms with Gasteiger partial charge in [-0.15, -0.1) is 0 Å². The van der Waals surface area contributed by atoms with Crippen molar-refractivity contribution in [1.82, 2.24) is 5.32 Å². The van der Waals surface area contributed by atoms with Gasteiger partial charge in [-0.1, -0.05) is 0 Å². The molecule has 6 heteroatoms. The van der Waals surface area contributed by atoms with E-state index >= 15 is 0 Å². The Morgan fingerprint density at radius 1 is 1.13 bits per heavy atom. The number of hydrogen-bond acceptors (Lipinski definition) is 4. The number of fused-ring (bicyclic) bond motifs is 3. The summed E-state index contributed by atoms with van der Waals surface area (Å²) in [5, 5.41) is 4.16. The molecule has 0 bridgehead atoms. The highest BCUT2D eigenvalue weighted by atomic mass is 16.5. The molecular weight excluding hydrogens is 380 g/mol. The van der Waals surface area contributed by atoms with Crippen LogP contribution in [0, 0.1) is 0 Å². The van der Waals surface area contributed by atoms with Crippen LogP contribution in [0.5, 0.6) is 5.75 Å². The van der Waals surface area contributed by atoms with Gasteiger partial charge < -0.3 is 23.8 Å². The third-order valence-corrected chi connectivity index (χ3v) is 6.43. The monoisotopic (exact) mass is 409 g/mol. The second-order valence-electron chi connectivity index (χ2n) is 8.39. The van der Waals surface area contributed by atoms with E-state index in [2.05, 4.69) is 5.32 Å². The van der Waals surface area contributed by atoms with Crippen molar-refractivity contribution in [2.24, 2.45) is 0 Å². The number of furan rings is 2. The lowest BCUT2D eigenvalue weighted by atomic mass is 9.96. The highest BCUT2D eigenvalue weighted by Crippen LogP contribution is 2.33. The smallest absolute Gasteiger partial charge is 0.258 e. The average molecular weight is 410 g/mol. The molecular formula is C24H29N2O4+. The van der Waals surface area contributed by atoms with Crippen LogP contribution in [0.2, 0.25) is 0 Å². The minimum Gasteiger partial charge on any atom is -0.484 e. The van der Waals surface area contributed by atoms with Crippen molar-refractivity contribution < 1.29 is 23.3 Å². The largest absolute Gasteiger partial charge is 0.484 e. The number of aryl methyl sites for hydroxylation is 2. The Morgan fingerprint density at radius 2 is 2.00 bits per heavy atom. The minimum absolute atomic E-state index is 0.00571. The molecule has 0 spiro atoms. The van der Waals surface area contributed by atoms with E-state index in [0.717, 1.165) is 48.4 Å². The third kappa shape index (κ3) is 3.97. The lowest BCUT2D eigenvalue weighted by molar-refractivity contribution is -0.919. The van der Waals surface area contributed by atoms with Crippen LogP contribution >= 0.6 is 0 Å². The highest BCUT2D eigenvalue weighted by molar-refractivity contribution is 5.84. The summed E-state index contributed by atoms with van der Waals surface area (Å²) >= 11 is 0. The van der Waals surface area contributed by atoms with E-state index in [-0.39, 0.29) is 18.6 Å². The Bertz CT molecular complexity index is 1000. The Hall–Kier alpha value is -2.73. The maximum absolute atomic E-state index is 12.5. The highest BCUT2D eigenvalue weighted by Gasteiger charge is 2.29. The fourth-order valence-corrected chi connectivity index (χ4v) is 4.86. The van der Waals surface area contributed by atoms with Crippen LogP contribution in [0.3, 0.4) is 0 Å².